The highest BCUT2D eigenvalue weighted by Crippen LogP contribution is 2.35. The largest absolute Gasteiger partial charge is 0.392 e. The molecule has 1 aromatic carbocycles. The normalized spacial score (nSPS) is 32.9. The van der Waals surface area contributed by atoms with E-state index < -0.39 is 0 Å². The smallest absolute Gasteiger partial charge is 0.0693 e. The van der Waals surface area contributed by atoms with Gasteiger partial charge in [-0.05, 0) is 36.4 Å². The third-order valence-electron chi connectivity index (χ3n) is 4.44. The molecule has 92 valence electrons. The molecule has 0 aromatic heterocycles. The minimum Gasteiger partial charge on any atom is -0.392 e. The predicted octanol–water partition coefficient (Wildman–Crippen LogP) is 2.03. The summed E-state index contributed by atoms with van der Waals surface area (Å²) in [6, 6.07) is 8.75. The quantitative estimate of drug-likeness (QED) is 0.842. The number of hydrogen-bond acceptors (Lipinski definition) is 2. The van der Waals surface area contributed by atoms with E-state index in [0.717, 1.165) is 26.1 Å². The van der Waals surface area contributed by atoms with Crippen molar-refractivity contribution >= 4 is 0 Å². The van der Waals surface area contributed by atoms with E-state index in [2.05, 4.69) is 36.1 Å². The first-order chi connectivity index (χ1) is 8.24. The Morgan fingerprint density at radius 2 is 2.18 bits per heavy atom. The van der Waals surface area contributed by atoms with Gasteiger partial charge in [0.15, 0.2) is 0 Å². The van der Waals surface area contributed by atoms with Crippen LogP contribution in [0.25, 0.3) is 0 Å². The van der Waals surface area contributed by atoms with Crippen molar-refractivity contribution in [2.75, 3.05) is 19.6 Å². The lowest BCUT2D eigenvalue weighted by Crippen LogP contribution is -2.45. The van der Waals surface area contributed by atoms with E-state index in [1.807, 2.05) is 0 Å². The number of aliphatic hydroxyl groups excluding tert-OH is 1. The standard InChI is InChI=1S/C15H21NO/c1-11-6-7-16(10-15(11)17)9-13-8-12-4-2-3-5-14(12)13/h2-5,11,13,15,17H,6-10H2,1H3. The van der Waals surface area contributed by atoms with Crippen molar-refractivity contribution in [3.8, 4) is 0 Å². The summed E-state index contributed by atoms with van der Waals surface area (Å²) in [5.74, 6) is 1.17. The van der Waals surface area contributed by atoms with Gasteiger partial charge in [-0.15, -0.1) is 0 Å². The molecule has 1 aliphatic heterocycles. The second-order valence-electron chi connectivity index (χ2n) is 5.69. The number of aliphatic hydroxyl groups is 1. The number of rotatable bonds is 2. The molecule has 0 bridgehead atoms. The Bertz CT molecular complexity index is 404. The van der Waals surface area contributed by atoms with Gasteiger partial charge in [0, 0.05) is 19.0 Å². The summed E-state index contributed by atoms with van der Waals surface area (Å²) < 4.78 is 0. The number of β-amino-alcohol motifs (C(OH)–C–C–N with tert-alkyl or cyclic N) is 1. The van der Waals surface area contributed by atoms with E-state index in [4.69, 9.17) is 0 Å². The van der Waals surface area contributed by atoms with Crippen molar-refractivity contribution in [2.24, 2.45) is 5.92 Å². The molecule has 2 heteroatoms. The molecule has 0 spiro atoms. The number of hydrogen-bond donors (Lipinski definition) is 1. The lowest BCUT2D eigenvalue weighted by atomic mass is 9.77. The van der Waals surface area contributed by atoms with Crippen LogP contribution in [-0.2, 0) is 6.42 Å². The number of fused-ring (bicyclic) bond motifs is 1. The van der Waals surface area contributed by atoms with Crippen molar-refractivity contribution in [3.05, 3.63) is 35.4 Å². The van der Waals surface area contributed by atoms with Crippen LogP contribution in [0.2, 0.25) is 0 Å². The third kappa shape index (κ3) is 2.12. The maximum absolute atomic E-state index is 9.91. The van der Waals surface area contributed by atoms with Gasteiger partial charge in [-0.2, -0.15) is 0 Å². The Labute approximate surface area is 103 Å². The van der Waals surface area contributed by atoms with E-state index in [1.54, 1.807) is 0 Å². The third-order valence-corrected chi connectivity index (χ3v) is 4.44. The first-order valence-corrected chi connectivity index (χ1v) is 6.72. The van der Waals surface area contributed by atoms with E-state index in [9.17, 15) is 5.11 Å². The fourth-order valence-corrected chi connectivity index (χ4v) is 3.12. The molecule has 3 unspecified atom stereocenters. The minimum absolute atomic E-state index is 0.126. The molecule has 0 amide bonds. The molecule has 1 saturated heterocycles. The van der Waals surface area contributed by atoms with Crippen LogP contribution in [0.1, 0.15) is 30.4 Å². The SMILES string of the molecule is CC1CCN(CC2Cc3ccccc32)CC1O. The first kappa shape index (κ1) is 11.2. The average Bonchev–Trinajstić information content (AvgIpc) is 2.31. The molecular weight excluding hydrogens is 210 g/mol. The van der Waals surface area contributed by atoms with Gasteiger partial charge in [-0.25, -0.2) is 0 Å². The van der Waals surface area contributed by atoms with Gasteiger partial charge in [0.2, 0.25) is 0 Å². The Morgan fingerprint density at radius 3 is 2.94 bits per heavy atom. The zero-order valence-corrected chi connectivity index (χ0v) is 10.5. The average molecular weight is 231 g/mol. The van der Waals surface area contributed by atoms with Gasteiger partial charge in [-0.1, -0.05) is 31.2 Å². The Morgan fingerprint density at radius 1 is 1.35 bits per heavy atom. The van der Waals surface area contributed by atoms with Gasteiger partial charge in [0.25, 0.3) is 0 Å². The highest BCUT2D eigenvalue weighted by Gasteiger charge is 2.30. The summed E-state index contributed by atoms with van der Waals surface area (Å²) >= 11 is 0. The van der Waals surface area contributed by atoms with Crippen LogP contribution >= 0.6 is 0 Å². The molecular formula is C15H21NO. The minimum atomic E-state index is -0.126. The van der Waals surface area contributed by atoms with Crippen LogP contribution in [0.4, 0.5) is 0 Å². The lowest BCUT2D eigenvalue weighted by Gasteiger charge is -2.39. The zero-order valence-electron chi connectivity index (χ0n) is 10.5. The molecule has 3 rings (SSSR count). The number of benzene rings is 1. The van der Waals surface area contributed by atoms with Crippen molar-refractivity contribution in [1.29, 1.82) is 0 Å². The summed E-state index contributed by atoms with van der Waals surface area (Å²) in [5.41, 5.74) is 3.05. The summed E-state index contributed by atoms with van der Waals surface area (Å²) in [4.78, 5) is 2.44. The molecule has 0 saturated carbocycles. The topological polar surface area (TPSA) is 23.5 Å². The Balaban J connectivity index is 1.59. The van der Waals surface area contributed by atoms with E-state index >= 15 is 0 Å². The summed E-state index contributed by atoms with van der Waals surface area (Å²) in [6.45, 7) is 5.29. The molecule has 1 fully saturated rings. The van der Waals surface area contributed by atoms with Gasteiger partial charge >= 0.3 is 0 Å². The van der Waals surface area contributed by atoms with Crippen LogP contribution in [0.5, 0.6) is 0 Å². The maximum Gasteiger partial charge on any atom is 0.0693 e. The van der Waals surface area contributed by atoms with E-state index in [0.29, 0.717) is 11.8 Å². The van der Waals surface area contributed by atoms with Crippen LogP contribution in [0.15, 0.2) is 24.3 Å². The highest BCUT2D eigenvalue weighted by molar-refractivity contribution is 5.40. The van der Waals surface area contributed by atoms with Crippen LogP contribution < -0.4 is 0 Å². The second-order valence-corrected chi connectivity index (χ2v) is 5.69. The number of likely N-dealkylation sites (tertiary alicyclic amines) is 1. The maximum atomic E-state index is 9.91. The summed E-state index contributed by atoms with van der Waals surface area (Å²) in [5, 5.41) is 9.91. The monoisotopic (exact) mass is 231 g/mol. The molecule has 0 radical (unpaired) electrons. The van der Waals surface area contributed by atoms with Crippen molar-refractivity contribution in [1.82, 2.24) is 4.90 Å². The Kier molecular flexibility index (Phi) is 2.93. The summed E-state index contributed by atoms with van der Waals surface area (Å²) in [7, 11) is 0. The van der Waals surface area contributed by atoms with Crippen molar-refractivity contribution < 1.29 is 5.11 Å². The molecule has 17 heavy (non-hydrogen) atoms. The molecule has 1 heterocycles. The molecule has 1 aromatic rings. The highest BCUT2D eigenvalue weighted by atomic mass is 16.3. The number of nitrogens with zero attached hydrogens (tertiary/aromatic N) is 1. The van der Waals surface area contributed by atoms with Crippen LogP contribution in [0, 0.1) is 5.92 Å². The Hall–Kier alpha value is -0.860. The molecule has 2 aliphatic rings. The first-order valence-electron chi connectivity index (χ1n) is 6.72. The van der Waals surface area contributed by atoms with Crippen molar-refractivity contribution in [2.45, 2.75) is 31.8 Å². The summed E-state index contributed by atoms with van der Waals surface area (Å²) in [6.07, 6.45) is 2.23. The fourth-order valence-electron chi connectivity index (χ4n) is 3.12. The second kappa shape index (κ2) is 4.43. The van der Waals surface area contributed by atoms with E-state index in [-0.39, 0.29) is 6.10 Å². The number of piperidine rings is 1. The van der Waals surface area contributed by atoms with Gasteiger partial charge < -0.3 is 10.0 Å². The van der Waals surface area contributed by atoms with E-state index in [1.165, 1.54) is 17.5 Å². The van der Waals surface area contributed by atoms with Crippen molar-refractivity contribution in [3.63, 3.8) is 0 Å². The predicted molar refractivity (Wildman–Crippen MR) is 69.1 cm³/mol. The van der Waals surface area contributed by atoms with Gasteiger partial charge in [-0.3, -0.25) is 0 Å². The lowest BCUT2D eigenvalue weighted by molar-refractivity contribution is 0.0259. The van der Waals surface area contributed by atoms with Gasteiger partial charge in [0.05, 0.1) is 6.10 Å². The molecule has 1 N–H and O–H groups in total. The van der Waals surface area contributed by atoms with Crippen LogP contribution in [0.3, 0.4) is 0 Å². The van der Waals surface area contributed by atoms with Gasteiger partial charge in [0.1, 0.15) is 0 Å². The molecule has 2 nitrogen and oxygen atoms in total. The zero-order chi connectivity index (χ0) is 11.8. The molecule has 1 aliphatic carbocycles. The molecule has 3 atom stereocenters. The van der Waals surface area contributed by atoms with Crippen LogP contribution in [-0.4, -0.2) is 35.7 Å². The fraction of sp³-hybridized carbons (Fsp3) is 0.600.